The summed E-state index contributed by atoms with van der Waals surface area (Å²) in [5, 5.41) is 13.7. The summed E-state index contributed by atoms with van der Waals surface area (Å²) in [6.07, 6.45) is 0. The Morgan fingerprint density at radius 2 is 2.06 bits per heavy atom. The van der Waals surface area contributed by atoms with Crippen LogP contribution in [-0.2, 0) is 4.79 Å². The number of nitrogens with zero attached hydrogens (tertiary/aromatic N) is 2. The fourth-order valence-corrected chi connectivity index (χ4v) is 1.13. The van der Waals surface area contributed by atoms with Crippen LogP contribution in [0.4, 0.5) is 5.95 Å². The topological polar surface area (TPSA) is 104 Å². The molecule has 0 saturated carbocycles. The lowest BCUT2D eigenvalue weighted by molar-refractivity contribution is -0.138. The predicted molar refractivity (Wildman–Crippen MR) is 60.9 cm³/mol. The van der Waals surface area contributed by atoms with Gasteiger partial charge in [0.15, 0.2) is 0 Å². The molecule has 1 aromatic rings. The largest absolute Gasteiger partial charge is 0.480 e. The molecule has 17 heavy (non-hydrogen) atoms. The van der Waals surface area contributed by atoms with Gasteiger partial charge in [0.2, 0.25) is 5.95 Å². The lowest BCUT2D eigenvalue weighted by atomic mass is 10.3. The van der Waals surface area contributed by atoms with Gasteiger partial charge >= 0.3 is 5.97 Å². The molecule has 3 N–H and O–H groups in total. The highest BCUT2D eigenvalue weighted by molar-refractivity contribution is 5.95. The maximum atomic E-state index is 11.7. The Bertz CT molecular complexity index is 447. The van der Waals surface area contributed by atoms with Crippen molar-refractivity contribution in [3.63, 3.8) is 0 Å². The van der Waals surface area contributed by atoms with E-state index < -0.39 is 17.9 Å². The van der Waals surface area contributed by atoms with E-state index in [9.17, 15) is 9.59 Å². The van der Waals surface area contributed by atoms with Crippen LogP contribution < -0.4 is 10.6 Å². The van der Waals surface area contributed by atoms with E-state index >= 15 is 0 Å². The van der Waals surface area contributed by atoms with Crippen LogP contribution >= 0.6 is 0 Å². The molecule has 0 fully saturated rings. The number of anilines is 1. The summed E-state index contributed by atoms with van der Waals surface area (Å²) in [6.45, 7) is 3.10. The van der Waals surface area contributed by atoms with E-state index in [1.54, 1.807) is 14.0 Å². The Kier molecular flexibility index (Phi) is 3.97. The van der Waals surface area contributed by atoms with Crippen molar-refractivity contribution in [3.8, 4) is 0 Å². The summed E-state index contributed by atoms with van der Waals surface area (Å²) in [5.41, 5.74) is 0.757. The van der Waals surface area contributed by atoms with E-state index in [4.69, 9.17) is 5.11 Å². The van der Waals surface area contributed by atoms with Gasteiger partial charge in [-0.25, -0.2) is 9.97 Å². The molecule has 0 aliphatic heterocycles. The second kappa shape index (κ2) is 5.24. The SMILES string of the molecule is CNc1nc(C)cc(C(=O)NC(C)C(=O)O)n1. The summed E-state index contributed by atoms with van der Waals surface area (Å²) in [6, 6.07) is 0.529. The van der Waals surface area contributed by atoms with Gasteiger partial charge < -0.3 is 15.7 Å². The van der Waals surface area contributed by atoms with Gasteiger partial charge in [0, 0.05) is 12.7 Å². The third kappa shape index (κ3) is 3.40. The molecule has 7 nitrogen and oxygen atoms in total. The molecule has 0 spiro atoms. The van der Waals surface area contributed by atoms with Crippen molar-refractivity contribution < 1.29 is 14.7 Å². The first-order valence-electron chi connectivity index (χ1n) is 5.01. The summed E-state index contributed by atoms with van der Waals surface area (Å²) >= 11 is 0. The number of aliphatic carboxylic acids is 1. The number of aryl methyl sites for hydroxylation is 1. The summed E-state index contributed by atoms with van der Waals surface area (Å²) in [4.78, 5) is 30.3. The number of rotatable bonds is 4. The second-order valence-electron chi connectivity index (χ2n) is 3.50. The Hall–Kier alpha value is -2.18. The zero-order chi connectivity index (χ0) is 13.0. The second-order valence-corrected chi connectivity index (χ2v) is 3.50. The molecule has 0 bridgehead atoms. The van der Waals surface area contributed by atoms with Crippen LogP contribution in [0.15, 0.2) is 6.07 Å². The minimum atomic E-state index is -1.10. The highest BCUT2D eigenvalue weighted by Gasteiger charge is 2.17. The number of carboxylic acids is 1. The fourth-order valence-electron chi connectivity index (χ4n) is 1.13. The molecular weight excluding hydrogens is 224 g/mol. The summed E-state index contributed by atoms with van der Waals surface area (Å²) in [7, 11) is 1.64. The first-order valence-corrected chi connectivity index (χ1v) is 5.01. The molecular formula is C10H14N4O3. The van der Waals surface area contributed by atoms with Crippen molar-refractivity contribution in [2.75, 3.05) is 12.4 Å². The number of carboxylic acid groups (broad SMARTS) is 1. The Labute approximate surface area is 98.3 Å². The van der Waals surface area contributed by atoms with Gasteiger partial charge in [-0.1, -0.05) is 0 Å². The van der Waals surface area contributed by atoms with E-state index in [1.165, 1.54) is 13.0 Å². The maximum absolute atomic E-state index is 11.7. The Morgan fingerprint density at radius 3 is 2.59 bits per heavy atom. The van der Waals surface area contributed by atoms with Crippen LogP contribution in [0.2, 0.25) is 0 Å². The average Bonchev–Trinajstić information content (AvgIpc) is 2.27. The highest BCUT2D eigenvalue weighted by Crippen LogP contribution is 2.04. The molecule has 1 unspecified atom stereocenters. The number of carbonyl (C=O) groups is 2. The molecule has 1 amide bonds. The number of carbonyl (C=O) groups excluding carboxylic acids is 1. The minimum absolute atomic E-state index is 0.134. The van der Waals surface area contributed by atoms with Crippen LogP contribution in [-0.4, -0.2) is 40.0 Å². The summed E-state index contributed by atoms with van der Waals surface area (Å²) < 4.78 is 0. The maximum Gasteiger partial charge on any atom is 0.325 e. The monoisotopic (exact) mass is 238 g/mol. The Morgan fingerprint density at radius 1 is 1.41 bits per heavy atom. The first-order chi connectivity index (χ1) is 7.93. The van der Waals surface area contributed by atoms with E-state index in [1.807, 2.05) is 0 Å². The van der Waals surface area contributed by atoms with Crippen molar-refractivity contribution in [3.05, 3.63) is 17.5 Å². The van der Waals surface area contributed by atoms with E-state index in [2.05, 4.69) is 20.6 Å². The van der Waals surface area contributed by atoms with Crippen LogP contribution in [0.1, 0.15) is 23.1 Å². The zero-order valence-electron chi connectivity index (χ0n) is 9.81. The predicted octanol–water partition coefficient (Wildman–Crippen LogP) is 0.0296. The van der Waals surface area contributed by atoms with Crippen molar-refractivity contribution in [1.29, 1.82) is 0 Å². The molecule has 7 heteroatoms. The average molecular weight is 238 g/mol. The van der Waals surface area contributed by atoms with Gasteiger partial charge in [0.05, 0.1) is 0 Å². The quantitative estimate of drug-likeness (QED) is 0.683. The van der Waals surface area contributed by atoms with Crippen molar-refractivity contribution in [2.24, 2.45) is 0 Å². The van der Waals surface area contributed by atoms with Gasteiger partial charge in [-0.3, -0.25) is 9.59 Å². The number of amides is 1. The van der Waals surface area contributed by atoms with E-state index in [0.717, 1.165) is 0 Å². The van der Waals surface area contributed by atoms with Gasteiger partial charge in [-0.05, 0) is 19.9 Å². The number of aromatic nitrogens is 2. The lowest BCUT2D eigenvalue weighted by Crippen LogP contribution is -2.38. The minimum Gasteiger partial charge on any atom is -0.480 e. The van der Waals surface area contributed by atoms with Gasteiger partial charge in [0.25, 0.3) is 5.91 Å². The molecule has 1 atom stereocenters. The van der Waals surface area contributed by atoms with Crippen LogP contribution in [0, 0.1) is 6.92 Å². The van der Waals surface area contributed by atoms with Crippen LogP contribution in [0.3, 0.4) is 0 Å². The van der Waals surface area contributed by atoms with Crippen molar-refractivity contribution in [2.45, 2.75) is 19.9 Å². The molecule has 92 valence electrons. The molecule has 0 aliphatic rings. The normalized spacial score (nSPS) is 11.7. The molecule has 0 aromatic carbocycles. The Balaban J connectivity index is 2.88. The standard InChI is InChI=1S/C10H14N4O3/c1-5-4-7(14-10(11-3)12-5)8(15)13-6(2)9(16)17/h4,6H,1-3H3,(H,13,15)(H,16,17)(H,11,12,14). The molecule has 1 aromatic heterocycles. The first kappa shape index (κ1) is 12.9. The fraction of sp³-hybridized carbons (Fsp3) is 0.400. The third-order valence-electron chi connectivity index (χ3n) is 2.03. The molecule has 0 aliphatic carbocycles. The molecule has 1 heterocycles. The highest BCUT2D eigenvalue weighted by atomic mass is 16.4. The summed E-state index contributed by atoms with van der Waals surface area (Å²) in [5.74, 6) is -1.32. The van der Waals surface area contributed by atoms with E-state index in [0.29, 0.717) is 11.6 Å². The van der Waals surface area contributed by atoms with Crippen LogP contribution in [0.25, 0.3) is 0 Å². The lowest BCUT2D eigenvalue weighted by Gasteiger charge is -2.09. The number of hydrogen-bond donors (Lipinski definition) is 3. The molecule has 0 saturated heterocycles. The molecule has 1 rings (SSSR count). The number of nitrogens with one attached hydrogen (secondary N) is 2. The number of hydrogen-bond acceptors (Lipinski definition) is 5. The van der Waals surface area contributed by atoms with Gasteiger partial charge in [-0.15, -0.1) is 0 Å². The van der Waals surface area contributed by atoms with Crippen molar-refractivity contribution >= 4 is 17.8 Å². The third-order valence-corrected chi connectivity index (χ3v) is 2.03. The van der Waals surface area contributed by atoms with Crippen LogP contribution in [0.5, 0.6) is 0 Å². The molecule has 0 radical (unpaired) electrons. The smallest absolute Gasteiger partial charge is 0.325 e. The zero-order valence-corrected chi connectivity index (χ0v) is 9.81. The van der Waals surface area contributed by atoms with Crippen molar-refractivity contribution in [1.82, 2.24) is 15.3 Å². The van der Waals surface area contributed by atoms with E-state index in [-0.39, 0.29) is 5.69 Å². The van der Waals surface area contributed by atoms with Gasteiger partial charge in [0.1, 0.15) is 11.7 Å². The van der Waals surface area contributed by atoms with Gasteiger partial charge in [-0.2, -0.15) is 0 Å².